The van der Waals surface area contributed by atoms with Crippen molar-refractivity contribution in [1.82, 2.24) is 9.55 Å². The third kappa shape index (κ3) is 4.09. The molecule has 0 aliphatic rings. The van der Waals surface area contributed by atoms with Crippen LogP contribution in [-0.4, -0.2) is 25.1 Å². The topological polar surface area (TPSA) is 53.2 Å². The average molecular weight is 324 g/mol. The molecule has 1 unspecified atom stereocenters. The first-order valence-corrected chi connectivity index (χ1v) is 8.04. The Morgan fingerprint density at radius 1 is 1.29 bits per heavy atom. The van der Waals surface area contributed by atoms with E-state index >= 15 is 0 Å². The van der Waals surface area contributed by atoms with Crippen LogP contribution < -0.4 is 0 Å². The van der Waals surface area contributed by atoms with Crippen LogP contribution in [0.25, 0.3) is 5.69 Å². The van der Waals surface area contributed by atoms with Crippen molar-refractivity contribution in [3.8, 4) is 5.69 Å². The van der Waals surface area contributed by atoms with Gasteiger partial charge in [-0.2, -0.15) is 0 Å². The van der Waals surface area contributed by atoms with Crippen molar-refractivity contribution in [2.24, 2.45) is 4.40 Å². The Hall–Kier alpha value is -1.30. The number of imidazole rings is 1. The van der Waals surface area contributed by atoms with Gasteiger partial charge in [0.1, 0.15) is 33.8 Å². The van der Waals surface area contributed by atoms with E-state index in [-0.39, 0.29) is 4.75 Å². The first-order chi connectivity index (χ1) is 9.77. The fraction of sp³-hybridized carbons (Fsp3) is 0.333. The fourth-order valence-corrected chi connectivity index (χ4v) is 2.33. The van der Waals surface area contributed by atoms with Crippen molar-refractivity contribution >= 4 is 29.2 Å². The van der Waals surface area contributed by atoms with Crippen LogP contribution in [0.2, 0.25) is 5.02 Å². The van der Waals surface area contributed by atoms with Gasteiger partial charge in [0.2, 0.25) is 0 Å². The molecule has 0 aliphatic heterocycles. The number of rotatable bonds is 3. The maximum absolute atomic E-state index is 11.9. The number of aryl methyl sites for hydroxylation is 1. The molecule has 0 saturated heterocycles. The van der Waals surface area contributed by atoms with E-state index in [1.54, 1.807) is 6.21 Å². The fourth-order valence-electron chi connectivity index (χ4n) is 1.68. The zero-order valence-electron chi connectivity index (χ0n) is 12.5. The Kier molecular flexibility index (Phi) is 4.76. The smallest absolute Gasteiger partial charge is 0.144 e. The molecule has 1 atom stereocenters. The lowest BCUT2D eigenvalue weighted by Crippen LogP contribution is -2.25. The van der Waals surface area contributed by atoms with E-state index in [0.717, 1.165) is 11.5 Å². The minimum atomic E-state index is -1.28. The third-order valence-electron chi connectivity index (χ3n) is 2.81. The van der Waals surface area contributed by atoms with Crippen LogP contribution in [0, 0.1) is 6.92 Å². The molecule has 0 N–H and O–H groups in total. The number of hydrogen-bond acceptors (Lipinski definition) is 3. The molecule has 6 heteroatoms. The van der Waals surface area contributed by atoms with E-state index in [1.807, 2.05) is 62.7 Å². The Balaban J connectivity index is 2.24. The summed E-state index contributed by atoms with van der Waals surface area (Å²) in [6.45, 7) is 7.57. The monoisotopic (exact) mass is 323 g/mol. The molecule has 0 aliphatic carbocycles. The van der Waals surface area contributed by atoms with Gasteiger partial charge in [0.25, 0.3) is 0 Å². The maximum atomic E-state index is 11.9. The van der Waals surface area contributed by atoms with Gasteiger partial charge in [0.15, 0.2) is 0 Å². The highest BCUT2D eigenvalue weighted by atomic mass is 35.5. The second-order valence-corrected chi connectivity index (χ2v) is 8.03. The van der Waals surface area contributed by atoms with Crippen molar-refractivity contribution in [1.29, 1.82) is 0 Å². The molecule has 1 heterocycles. The summed E-state index contributed by atoms with van der Waals surface area (Å²) in [4.78, 5) is 4.41. The predicted octanol–water partition coefficient (Wildman–Crippen LogP) is 3.72. The van der Waals surface area contributed by atoms with Gasteiger partial charge in [0, 0.05) is 16.9 Å². The van der Waals surface area contributed by atoms with Gasteiger partial charge < -0.3 is 9.12 Å². The Labute approximate surface area is 133 Å². The standard InChI is InChI=1S/C15H18ClN3OS/c1-11-18-13(9-17-21(20)15(2,3)4)10-19(11)14-7-5-12(16)6-8-14/h5-10H,1-4H3. The molecule has 2 rings (SSSR count). The molecule has 21 heavy (non-hydrogen) atoms. The number of benzene rings is 1. The third-order valence-corrected chi connectivity index (χ3v) is 4.41. The van der Waals surface area contributed by atoms with Crippen molar-refractivity contribution in [2.45, 2.75) is 32.4 Å². The second-order valence-electron chi connectivity index (χ2n) is 5.66. The molecule has 0 spiro atoms. The van der Waals surface area contributed by atoms with Gasteiger partial charge in [-0.3, -0.25) is 0 Å². The molecule has 0 amide bonds. The van der Waals surface area contributed by atoms with Crippen LogP contribution in [0.4, 0.5) is 0 Å². The van der Waals surface area contributed by atoms with E-state index in [2.05, 4.69) is 9.38 Å². The molecular formula is C15H18ClN3OS. The van der Waals surface area contributed by atoms with E-state index in [0.29, 0.717) is 10.7 Å². The quantitative estimate of drug-likeness (QED) is 0.638. The lowest BCUT2D eigenvalue weighted by Gasteiger charge is -2.17. The van der Waals surface area contributed by atoms with Gasteiger partial charge in [-0.15, -0.1) is 0 Å². The highest BCUT2D eigenvalue weighted by Crippen LogP contribution is 2.18. The van der Waals surface area contributed by atoms with Gasteiger partial charge in [-0.05, 0) is 52.0 Å². The molecule has 0 radical (unpaired) electrons. The predicted molar refractivity (Wildman–Crippen MR) is 88.8 cm³/mol. The van der Waals surface area contributed by atoms with Crippen LogP contribution in [0.1, 0.15) is 32.3 Å². The van der Waals surface area contributed by atoms with Crippen LogP contribution in [0.5, 0.6) is 0 Å². The van der Waals surface area contributed by atoms with Gasteiger partial charge in [-0.1, -0.05) is 16.0 Å². The number of hydrogen-bond donors (Lipinski definition) is 0. The summed E-state index contributed by atoms with van der Waals surface area (Å²) in [5.74, 6) is 0.834. The normalized spacial score (nSPS) is 13.8. The van der Waals surface area contributed by atoms with Crippen molar-refractivity contribution in [3.05, 3.63) is 47.0 Å². The van der Waals surface area contributed by atoms with Crippen molar-refractivity contribution in [3.63, 3.8) is 0 Å². The van der Waals surface area contributed by atoms with Gasteiger partial charge in [-0.25, -0.2) is 4.98 Å². The summed E-state index contributed by atoms with van der Waals surface area (Å²) in [5.41, 5.74) is 1.65. The number of halogens is 1. The highest BCUT2D eigenvalue weighted by Gasteiger charge is 2.25. The lowest BCUT2D eigenvalue weighted by atomic mass is 10.3. The second kappa shape index (κ2) is 6.22. The maximum Gasteiger partial charge on any atom is 0.144 e. The SMILES string of the molecule is Cc1nc(C=N[S+]([O-])C(C)(C)C)cn1-c1ccc(Cl)cc1. The molecular weight excluding hydrogens is 306 g/mol. The summed E-state index contributed by atoms with van der Waals surface area (Å²) >= 11 is 4.61. The molecule has 1 aromatic heterocycles. The average Bonchev–Trinajstić information content (AvgIpc) is 2.77. The van der Waals surface area contributed by atoms with E-state index in [1.165, 1.54) is 0 Å². The molecule has 0 saturated carbocycles. The Morgan fingerprint density at radius 3 is 2.48 bits per heavy atom. The minimum Gasteiger partial charge on any atom is -0.591 e. The zero-order chi connectivity index (χ0) is 15.6. The summed E-state index contributed by atoms with van der Waals surface area (Å²) in [6.07, 6.45) is 3.42. The Bertz CT molecular complexity index is 644. The summed E-state index contributed by atoms with van der Waals surface area (Å²) in [6, 6.07) is 7.51. The molecule has 2 aromatic rings. The molecule has 1 aromatic carbocycles. The van der Waals surface area contributed by atoms with Crippen LogP contribution in [0.15, 0.2) is 34.9 Å². The molecule has 112 valence electrons. The zero-order valence-corrected chi connectivity index (χ0v) is 14.1. The summed E-state index contributed by atoms with van der Waals surface area (Å²) in [7, 11) is 0. The van der Waals surface area contributed by atoms with E-state index in [4.69, 9.17) is 11.6 Å². The van der Waals surface area contributed by atoms with Gasteiger partial charge in [0.05, 0.1) is 0 Å². The first-order valence-electron chi connectivity index (χ1n) is 6.55. The lowest BCUT2D eigenvalue weighted by molar-refractivity contribution is 0.562. The largest absolute Gasteiger partial charge is 0.591 e. The van der Waals surface area contributed by atoms with E-state index < -0.39 is 11.4 Å². The van der Waals surface area contributed by atoms with Crippen LogP contribution in [-0.2, 0) is 11.4 Å². The van der Waals surface area contributed by atoms with E-state index in [9.17, 15) is 4.55 Å². The first kappa shape index (κ1) is 16.1. The number of nitrogens with zero attached hydrogens (tertiary/aromatic N) is 3. The number of aromatic nitrogens is 2. The summed E-state index contributed by atoms with van der Waals surface area (Å²) < 4.78 is 17.6. The highest BCUT2D eigenvalue weighted by molar-refractivity contribution is 7.91. The molecule has 0 bridgehead atoms. The minimum absolute atomic E-state index is 0.371. The van der Waals surface area contributed by atoms with Crippen LogP contribution in [0.3, 0.4) is 0 Å². The summed E-state index contributed by atoms with van der Waals surface area (Å²) in [5, 5.41) is 0.693. The van der Waals surface area contributed by atoms with Crippen molar-refractivity contribution < 1.29 is 4.55 Å². The van der Waals surface area contributed by atoms with Crippen LogP contribution >= 0.6 is 11.6 Å². The molecule has 0 fully saturated rings. The molecule has 4 nitrogen and oxygen atoms in total. The van der Waals surface area contributed by atoms with Gasteiger partial charge >= 0.3 is 0 Å². The Morgan fingerprint density at radius 2 is 1.90 bits per heavy atom. The van der Waals surface area contributed by atoms with Crippen molar-refractivity contribution in [2.75, 3.05) is 0 Å².